The van der Waals surface area contributed by atoms with E-state index in [9.17, 15) is 0 Å². The first-order valence-corrected chi connectivity index (χ1v) is 10.7. The highest BCUT2D eigenvalue weighted by Gasteiger charge is 2.19. The van der Waals surface area contributed by atoms with E-state index in [2.05, 4.69) is 44.8 Å². The quantitative estimate of drug-likeness (QED) is 0.673. The molecule has 4 heterocycles. The van der Waals surface area contributed by atoms with Crippen molar-refractivity contribution in [1.29, 1.82) is 0 Å². The maximum atomic E-state index is 5.65. The van der Waals surface area contributed by atoms with Gasteiger partial charge in [0.1, 0.15) is 5.75 Å². The van der Waals surface area contributed by atoms with Gasteiger partial charge in [-0.05, 0) is 68.6 Å². The van der Waals surface area contributed by atoms with Gasteiger partial charge >= 0.3 is 0 Å². The zero-order chi connectivity index (χ0) is 20.5. The van der Waals surface area contributed by atoms with Crippen molar-refractivity contribution >= 4 is 22.7 Å². The van der Waals surface area contributed by atoms with Crippen LogP contribution in [-0.2, 0) is 19.5 Å². The summed E-state index contributed by atoms with van der Waals surface area (Å²) in [5.74, 6) is 1.98. The third-order valence-electron chi connectivity index (χ3n) is 6.18. The van der Waals surface area contributed by atoms with Crippen molar-refractivity contribution in [1.82, 2.24) is 30.0 Å². The van der Waals surface area contributed by atoms with E-state index >= 15 is 0 Å². The molecule has 1 aromatic carbocycles. The molecule has 1 saturated heterocycles. The number of hydrogen-bond acceptors (Lipinski definition) is 7. The van der Waals surface area contributed by atoms with Crippen molar-refractivity contribution in [3.63, 3.8) is 0 Å². The molecule has 8 heteroatoms. The molecular weight excluding hydrogens is 378 g/mol. The molecule has 0 spiro atoms. The summed E-state index contributed by atoms with van der Waals surface area (Å²) in [6, 6.07) is 4.31. The van der Waals surface area contributed by atoms with Crippen molar-refractivity contribution in [3.05, 3.63) is 35.7 Å². The summed E-state index contributed by atoms with van der Waals surface area (Å²) in [5.41, 5.74) is 4.44. The SMILES string of the molecule is COc1cc2c(cc1Nc1ncc3cnn(C[C@@H]4CCCNC4)c3n1)CN(C)CC2. The first-order valence-electron chi connectivity index (χ1n) is 10.7. The Bertz CT molecular complexity index is 1040. The van der Waals surface area contributed by atoms with E-state index in [0.29, 0.717) is 11.9 Å². The van der Waals surface area contributed by atoms with Crippen molar-refractivity contribution in [2.45, 2.75) is 32.4 Å². The van der Waals surface area contributed by atoms with Crippen molar-refractivity contribution in [2.24, 2.45) is 5.92 Å². The minimum atomic E-state index is 0.563. The summed E-state index contributed by atoms with van der Waals surface area (Å²) in [7, 11) is 3.86. The summed E-state index contributed by atoms with van der Waals surface area (Å²) in [6.45, 7) is 5.05. The number of likely N-dealkylation sites (N-methyl/N-ethyl adjacent to an activating group) is 1. The van der Waals surface area contributed by atoms with Gasteiger partial charge in [0.25, 0.3) is 0 Å². The summed E-state index contributed by atoms with van der Waals surface area (Å²) in [6.07, 6.45) is 7.18. The minimum Gasteiger partial charge on any atom is -0.495 e. The lowest BCUT2D eigenvalue weighted by molar-refractivity contribution is 0.312. The fourth-order valence-corrected chi connectivity index (χ4v) is 4.50. The van der Waals surface area contributed by atoms with Gasteiger partial charge in [-0.15, -0.1) is 0 Å². The lowest BCUT2D eigenvalue weighted by atomic mass is 9.99. The van der Waals surface area contributed by atoms with E-state index in [-0.39, 0.29) is 0 Å². The Labute approximate surface area is 176 Å². The van der Waals surface area contributed by atoms with Gasteiger partial charge in [0.2, 0.25) is 5.95 Å². The molecule has 0 saturated carbocycles. The molecule has 30 heavy (non-hydrogen) atoms. The number of methoxy groups -OCH3 is 1. The Morgan fingerprint density at radius 3 is 3.03 bits per heavy atom. The lowest BCUT2D eigenvalue weighted by Gasteiger charge is -2.26. The molecular formula is C22H29N7O. The monoisotopic (exact) mass is 407 g/mol. The van der Waals surface area contributed by atoms with Crippen LogP contribution in [0.2, 0.25) is 0 Å². The molecule has 1 atom stereocenters. The van der Waals surface area contributed by atoms with E-state index in [0.717, 1.165) is 61.6 Å². The van der Waals surface area contributed by atoms with Crippen LogP contribution in [-0.4, -0.2) is 58.4 Å². The van der Waals surface area contributed by atoms with Gasteiger partial charge in [0.05, 0.1) is 24.4 Å². The second-order valence-electron chi connectivity index (χ2n) is 8.45. The number of rotatable bonds is 5. The number of piperidine rings is 1. The van der Waals surface area contributed by atoms with Crippen molar-refractivity contribution in [2.75, 3.05) is 39.1 Å². The van der Waals surface area contributed by atoms with Crippen LogP contribution >= 0.6 is 0 Å². The van der Waals surface area contributed by atoms with Crippen LogP contribution in [0.15, 0.2) is 24.5 Å². The van der Waals surface area contributed by atoms with Crippen LogP contribution in [0.4, 0.5) is 11.6 Å². The van der Waals surface area contributed by atoms with Crippen molar-refractivity contribution in [3.8, 4) is 5.75 Å². The average Bonchev–Trinajstić information content (AvgIpc) is 3.16. The number of fused-ring (bicyclic) bond motifs is 2. The van der Waals surface area contributed by atoms with E-state index in [1.54, 1.807) is 7.11 Å². The Balaban J connectivity index is 1.42. The Morgan fingerprint density at radius 2 is 2.20 bits per heavy atom. The Hall–Kier alpha value is -2.71. The molecule has 5 rings (SSSR count). The summed E-state index contributed by atoms with van der Waals surface area (Å²) < 4.78 is 7.66. The summed E-state index contributed by atoms with van der Waals surface area (Å²) in [5, 5.41) is 12.4. The molecule has 2 aliphatic heterocycles. The van der Waals surface area contributed by atoms with Crippen LogP contribution < -0.4 is 15.4 Å². The molecule has 158 valence electrons. The number of ether oxygens (including phenoxy) is 1. The molecule has 0 unspecified atom stereocenters. The van der Waals surface area contributed by atoms with E-state index < -0.39 is 0 Å². The van der Waals surface area contributed by atoms with E-state index in [1.165, 1.54) is 24.0 Å². The summed E-state index contributed by atoms with van der Waals surface area (Å²) in [4.78, 5) is 11.6. The normalized spacial score (nSPS) is 19.6. The zero-order valence-corrected chi connectivity index (χ0v) is 17.7. The number of aromatic nitrogens is 4. The van der Waals surface area contributed by atoms with Gasteiger partial charge in [-0.1, -0.05) is 0 Å². The fraction of sp³-hybridized carbons (Fsp3) is 0.500. The maximum absolute atomic E-state index is 5.65. The van der Waals surface area contributed by atoms with Gasteiger partial charge in [-0.25, -0.2) is 9.67 Å². The number of benzene rings is 1. The van der Waals surface area contributed by atoms with Crippen LogP contribution in [0.25, 0.3) is 11.0 Å². The van der Waals surface area contributed by atoms with Crippen LogP contribution in [0, 0.1) is 5.92 Å². The predicted octanol–water partition coefficient (Wildman–Crippen LogP) is 2.57. The highest BCUT2D eigenvalue weighted by atomic mass is 16.5. The zero-order valence-electron chi connectivity index (χ0n) is 17.7. The minimum absolute atomic E-state index is 0.563. The third-order valence-corrected chi connectivity index (χ3v) is 6.18. The van der Waals surface area contributed by atoms with Crippen LogP contribution in [0.3, 0.4) is 0 Å². The topological polar surface area (TPSA) is 80.1 Å². The van der Waals surface area contributed by atoms with Crippen LogP contribution in [0.1, 0.15) is 24.0 Å². The first kappa shape index (κ1) is 19.3. The predicted molar refractivity (Wildman–Crippen MR) is 117 cm³/mol. The number of hydrogen-bond donors (Lipinski definition) is 2. The van der Waals surface area contributed by atoms with Gasteiger partial charge in [-0.2, -0.15) is 10.1 Å². The summed E-state index contributed by atoms with van der Waals surface area (Å²) >= 11 is 0. The molecule has 0 aliphatic carbocycles. The van der Waals surface area contributed by atoms with Gasteiger partial charge < -0.3 is 20.3 Å². The molecule has 0 bridgehead atoms. The largest absolute Gasteiger partial charge is 0.495 e. The number of nitrogens with one attached hydrogen (secondary N) is 2. The van der Waals surface area contributed by atoms with Gasteiger partial charge in [0.15, 0.2) is 5.65 Å². The molecule has 0 amide bonds. The fourth-order valence-electron chi connectivity index (χ4n) is 4.50. The Morgan fingerprint density at radius 1 is 1.27 bits per heavy atom. The molecule has 8 nitrogen and oxygen atoms in total. The second kappa shape index (κ2) is 8.20. The van der Waals surface area contributed by atoms with E-state index in [1.807, 2.05) is 17.1 Å². The third kappa shape index (κ3) is 3.85. The molecule has 2 aliphatic rings. The van der Waals surface area contributed by atoms with Gasteiger partial charge in [-0.3, -0.25) is 0 Å². The number of nitrogens with zero attached hydrogens (tertiary/aromatic N) is 5. The highest BCUT2D eigenvalue weighted by molar-refractivity contribution is 5.76. The Kier molecular flexibility index (Phi) is 5.26. The maximum Gasteiger partial charge on any atom is 0.229 e. The smallest absolute Gasteiger partial charge is 0.229 e. The lowest BCUT2D eigenvalue weighted by Crippen LogP contribution is -2.32. The standard InChI is InChI=1S/C22H29N7O/c1-28-7-5-16-9-20(30-2)19(8-17(16)14-28)26-22-24-11-18-12-25-29(21(18)27-22)13-15-4-3-6-23-10-15/h8-9,11-12,15,23H,3-7,10,13-14H2,1-2H3,(H,24,26,27)/t15-/m1/s1. The molecule has 1 fully saturated rings. The molecule has 2 aromatic heterocycles. The first-order chi connectivity index (χ1) is 14.7. The second-order valence-corrected chi connectivity index (χ2v) is 8.45. The number of anilines is 2. The average molecular weight is 408 g/mol. The van der Waals surface area contributed by atoms with E-state index in [4.69, 9.17) is 9.72 Å². The van der Waals surface area contributed by atoms with Crippen LogP contribution in [0.5, 0.6) is 5.75 Å². The highest BCUT2D eigenvalue weighted by Crippen LogP contribution is 2.33. The molecule has 3 aromatic rings. The molecule has 0 radical (unpaired) electrons. The van der Waals surface area contributed by atoms with Gasteiger partial charge in [0, 0.05) is 25.8 Å². The molecule has 2 N–H and O–H groups in total. The van der Waals surface area contributed by atoms with Crippen molar-refractivity contribution < 1.29 is 4.74 Å².